The van der Waals surface area contributed by atoms with Gasteiger partial charge in [0.1, 0.15) is 5.82 Å². The molecular weight excluding hydrogens is 331 g/mol. The molecule has 2 rings (SSSR count). The zero-order valence-corrected chi connectivity index (χ0v) is 12.6. The molecule has 0 saturated carbocycles. The first-order chi connectivity index (χ1) is 9.10. The van der Waals surface area contributed by atoms with E-state index in [0.717, 1.165) is 9.37 Å². The minimum absolute atomic E-state index is 0.0253. The standard InChI is InChI=1S/C12H12BrFN4S/c1-7-11(14)12(18-15)17-10(16-7)6-19-9-4-2-3-8(13)5-9/h2-5H,6,15H2,1H3,(H,16,17,18). The second-order valence-electron chi connectivity index (χ2n) is 3.78. The number of nitrogens with one attached hydrogen (secondary N) is 1. The maximum absolute atomic E-state index is 13.5. The Morgan fingerprint density at radius 1 is 1.42 bits per heavy atom. The van der Waals surface area contributed by atoms with Crippen LogP contribution in [0.25, 0.3) is 0 Å². The fourth-order valence-electron chi connectivity index (χ4n) is 1.48. The van der Waals surface area contributed by atoms with Gasteiger partial charge in [0.05, 0.1) is 11.4 Å². The molecule has 0 aliphatic carbocycles. The van der Waals surface area contributed by atoms with Crippen LogP contribution in [0.1, 0.15) is 11.5 Å². The molecule has 0 atom stereocenters. The van der Waals surface area contributed by atoms with Crippen LogP contribution in [-0.4, -0.2) is 9.97 Å². The Bertz CT molecular complexity index is 594. The maximum atomic E-state index is 13.5. The number of benzene rings is 1. The van der Waals surface area contributed by atoms with Crippen molar-refractivity contribution in [2.75, 3.05) is 5.43 Å². The summed E-state index contributed by atoms with van der Waals surface area (Å²) in [5.74, 6) is 5.82. The van der Waals surface area contributed by atoms with Crippen LogP contribution >= 0.6 is 27.7 Å². The first-order valence-corrected chi connectivity index (χ1v) is 7.26. The van der Waals surface area contributed by atoms with Crippen LogP contribution in [0.3, 0.4) is 0 Å². The summed E-state index contributed by atoms with van der Waals surface area (Å²) in [5, 5.41) is 0. The van der Waals surface area contributed by atoms with Crippen molar-refractivity contribution in [2.24, 2.45) is 5.84 Å². The highest BCUT2D eigenvalue weighted by atomic mass is 79.9. The Labute approximate surface area is 123 Å². The molecule has 0 radical (unpaired) electrons. The molecule has 0 fully saturated rings. The summed E-state index contributed by atoms with van der Waals surface area (Å²) >= 11 is 4.99. The summed E-state index contributed by atoms with van der Waals surface area (Å²) in [6.45, 7) is 1.59. The van der Waals surface area contributed by atoms with Crippen LogP contribution in [0.4, 0.5) is 10.2 Å². The Hall–Kier alpha value is -1.18. The number of anilines is 1. The molecule has 0 saturated heterocycles. The van der Waals surface area contributed by atoms with E-state index in [0.29, 0.717) is 11.6 Å². The topological polar surface area (TPSA) is 63.8 Å². The SMILES string of the molecule is Cc1nc(CSc2cccc(Br)c2)nc(NN)c1F. The monoisotopic (exact) mass is 342 g/mol. The predicted molar refractivity (Wildman–Crippen MR) is 78.2 cm³/mol. The van der Waals surface area contributed by atoms with Gasteiger partial charge in [-0.15, -0.1) is 11.8 Å². The lowest BCUT2D eigenvalue weighted by molar-refractivity contribution is 0.602. The van der Waals surface area contributed by atoms with Gasteiger partial charge in [0.25, 0.3) is 0 Å². The fraction of sp³-hybridized carbons (Fsp3) is 0.167. The van der Waals surface area contributed by atoms with Crippen molar-refractivity contribution < 1.29 is 4.39 Å². The van der Waals surface area contributed by atoms with Crippen LogP contribution in [0.2, 0.25) is 0 Å². The molecule has 0 unspecified atom stereocenters. The van der Waals surface area contributed by atoms with E-state index < -0.39 is 5.82 Å². The van der Waals surface area contributed by atoms with Crippen molar-refractivity contribution >= 4 is 33.5 Å². The Kier molecular flexibility index (Phi) is 4.73. The van der Waals surface area contributed by atoms with E-state index in [-0.39, 0.29) is 11.5 Å². The number of hydrazine groups is 1. The molecule has 7 heteroatoms. The number of halogens is 2. The summed E-state index contributed by atoms with van der Waals surface area (Å²) in [6, 6.07) is 7.91. The molecule has 0 bridgehead atoms. The van der Waals surface area contributed by atoms with E-state index in [9.17, 15) is 4.39 Å². The van der Waals surface area contributed by atoms with Crippen molar-refractivity contribution in [1.82, 2.24) is 9.97 Å². The third kappa shape index (κ3) is 3.65. The number of hydrogen-bond acceptors (Lipinski definition) is 5. The summed E-state index contributed by atoms with van der Waals surface area (Å²) in [6.07, 6.45) is 0. The van der Waals surface area contributed by atoms with Crippen LogP contribution < -0.4 is 11.3 Å². The Morgan fingerprint density at radius 2 is 2.21 bits per heavy atom. The van der Waals surface area contributed by atoms with E-state index in [4.69, 9.17) is 5.84 Å². The predicted octanol–water partition coefficient (Wildman–Crippen LogP) is 3.26. The Balaban J connectivity index is 2.13. The number of thioether (sulfide) groups is 1. The van der Waals surface area contributed by atoms with E-state index in [2.05, 4.69) is 31.3 Å². The number of nitrogens with two attached hydrogens (primary N) is 1. The maximum Gasteiger partial charge on any atom is 0.187 e. The van der Waals surface area contributed by atoms with Crippen LogP contribution in [0.5, 0.6) is 0 Å². The highest BCUT2D eigenvalue weighted by molar-refractivity contribution is 9.10. The highest BCUT2D eigenvalue weighted by Gasteiger charge is 2.10. The molecule has 1 aromatic heterocycles. The quantitative estimate of drug-likeness (QED) is 0.507. The van der Waals surface area contributed by atoms with Gasteiger partial charge in [-0.1, -0.05) is 22.0 Å². The fourth-order valence-corrected chi connectivity index (χ4v) is 2.84. The molecule has 1 heterocycles. The van der Waals surface area contributed by atoms with Gasteiger partial charge < -0.3 is 5.43 Å². The molecule has 2 aromatic rings. The van der Waals surface area contributed by atoms with E-state index >= 15 is 0 Å². The lowest BCUT2D eigenvalue weighted by Gasteiger charge is -2.07. The minimum atomic E-state index is -0.515. The molecule has 0 amide bonds. The molecule has 19 heavy (non-hydrogen) atoms. The number of nitrogen functional groups attached to an aromatic ring is 1. The zero-order chi connectivity index (χ0) is 13.8. The van der Waals surface area contributed by atoms with Crippen molar-refractivity contribution in [2.45, 2.75) is 17.6 Å². The van der Waals surface area contributed by atoms with E-state index in [1.165, 1.54) is 0 Å². The molecule has 4 nitrogen and oxygen atoms in total. The average molecular weight is 343 g/mol. The van der Waals surface area contributed by atoms with Crippen LogP contribution in [-0.2, 0) is 5.75 Å². The van der Waals surface area contributed by atoms with Gasteiger partial charge in [0, 0.05) is 9.37 Å². The first kappa shape index (κ1) is 14.2. The first-order valence-electron chi connectivity index (χ1n) is 5.48. The second-order valence-corrected chi connectivity index (χ2v) is 5.74. The van der Waals surface area contributed by atoms with Gasteiger partial charge in [-0.3, -0.25) is 0 Å². The highest BCUT2D eigenvalue weighted by Crippen LogP contribution is 2.25. The summed E-state index contributed by atoms with van der Waals surface area (Å²) in [7, 11) is 0. The largest absolute Gasteiger partial charge is 0.306 e. The van der Waals surface area contributed by atoms with Crippen molar-refractivity contribution in [3.05, 3.63) is 46.1 Å². The molecule has 0 aliphatic rings. The lowest BCUT2D eigenvalue weighted by atomic mass is 10.4. The third-order valence-corrected chi connectivity index (χ3v) is 3.85. The number of hydrogen-bond donors (Lipinski definition) is 2. The van der Waals surface area contributed by atoms with Gasteiger partial charge >= 0.3 is 0 Å². The molecule has 0 aliphatic heterocycles. The van der Waals surface area contributed by atoms with Gasteiger partial charge in [0.15, 0.2) is 11.6 Å². The zero-order valence-electron chi connectivity index (χ0n) is 10.2. The number of nitrogens with zero attached hydrogens (tertiary/aromatic N) is 2. The summed E-state index contributed by atoms with van der Waals surface area (Å²) < 4.78 is 14.5. The molecular formula is C12H12BrFN4S. The minimum Gasteiger partial charge on any atom is -0.306 e. The average Bonchev–Trinajstić information content (AvgIpc) is 2.40. The molecule has 3 N–H and O–H groups in total. The number of aromatic nitrogens is 2. The number of aryl methyl sites for hydroxylation is 1. The van der Waals surface area contributed by atoms with Crippen molar-refractivity contribution in [3.8, 4) is 0 Å². The molecule has 1 aromatic carbocycles. The smallest absolute Gasteiger partial charge is 0.187 e. The van der Waals surface area contributed by atoms with Gasteiger partial charge in [-0.25, -0.2) is 20.2 Å². The van der Waals surface area contributed by atoms with Crippen molar-refractivity contribution in [1.29, 1.82) is 0 Å². The van der Waals surface area contributed by atoms with Gasteiger partial charge in [0.2, 0.25) is 0 Å². The second kappa shape index (κ2) is 6.31. The normalized spacial score (nSPS) is 10.5. The van der Waals surface area contributed by atoms with E-state index in [1.54, 1.807) is 18.7 Å². The van der Waals surface area contributed by atoms with Crippen molar-refractivity contribution in [3.63, 3.8) is 0 Å². The molecule has 100 valence electrons. The van der Waals surface area contributed by atoms with Gasteiger partial charge in [-0.2, -0.15) is 0 Å². The summed E-state index contributed by atoms with van der Waals surface area (Å²) in [4.78, 5) is 9.22. The summed E-state index contributed by atoms with van der Waals surface area (Å²) in [5.41, 5.74) is 2.53. The Morgan fingerprint density at radius 3 is 2.89 bits per heavy atom. The third-order valence-electron chi connectivity index (χ3n) is 2.36. The van der Waals surface area contributed by atoms with Crippen LogP contribution in [0.15, 0.2) is 33.6 Å². The van der Waals surface area contributed by atoms with Crippen LogP contribution in [0, 0.1) is 12.7 Å². The lowest BCUT2D eigenvalue weighted by Crippen LogP contribution is -2.13. The number of rotatable bonds is 4. The van der Waals surface area contributed by atoms with E-state index in [1.807, 2.05) is 24.3 Å². The van der Waals surface area contributed by atoms with Gasteiger partial charge in [-0.05, 0) is 25.1 Å². The molecule has 0 spiro atoms.